The van der Waals surface area contributed by atoms with Crippen LogP contribution in [0.2, 0.25) is 5.02 Å². The fraction of sp³-hybridized carbons (Fsp3) is 0.211. The number of benzene rings is 2. The molecule has 0 unspecified atom stereocenters. The van der Waals surface area contributed by atoms with Gasteiger partial charge in [-0.25, -0.2) is 17.7 Å². The molecule has 1 heterocycles. The first-order chi connectivity index (χ1) is 12.7. The van der Waals surface area contributed by atoms with Crippen LogP contribution in [0.5, 0.6) is 0 Å². The topological polar surface area (TPSA) is 54.7 Å². The van der Waals surface area contributed by atoms with Crippen LogP contribution in [0.4, 0.5) is 5.69 Å². The lowest BCUT2D eigenvalue weighted by atomic mass is 10.2. The molecule has 8 heteroatoms. The normalized spacial score (nSPS) is 12.7. The Morgan fingerprint density at radius 1 is 1.15 bits per heavy atom. The summed E-state index contributed by atoms with van der Waals surface area (Å²) < 4.78 is 28.2. The number of rotatable bonds is 4. The molecule has 142 valence electrons. The van der Waals surface area contributed by atoms with Gasteiger partial charge in [-0.15, -0.1) is 11.3 Å². The third kappa shape index (κ3) is 3.87. The summed E-state index contributed by atoms with van der Waals surface area (Å²) in [6, 6.07) is 13.0. The molecular weight excluding hydrogens is 402 g/mol. The number of sulfonamides is 1. The van der Waals surface area contributed by atoms with Gasteiger partial charge in [-0.1, -0.05) is 35.9 Å². The van der Waals surface area contributed by atoms with Gasteiger partial charge in [-0.2, -0.15) is 0 Å². The second-order valence-corrected chi connectivity index (χ2v) is 9.66. The summed E-state index contributed by atoms with van der Waals surface area (Å²) in [5.74, 6) is 0. The molecule has 0 aliphatic carbocycles. The Balaban J connectivity index is 2.12. The molecule has 0 aliphatic heterocycles. The number of aromatic nitrogens is 1. The fourth-order valence-corrected chi connectivity index (χ4v) is 4.89. The highest BCUT2D eigenvalue weighted by Gasteiger charge is 2.22. The van der Waals surface area contributed by atoms with Crippen molar-refractivity contribution < 1.29 is 8.42 Å². The van der Waals surface area contributed by atoms with Crippen molar-refractivity contribution in [2.45, 2.75) is 11.8 Å². The molecule has 3 aromatic rings. The second kappa shape index (κ2) is 7.59. The van der Waals surface area contributed by atoms with Crippen LogP contribution in [-0.4, -0.2) is 31.4 Å². The summed E-state index contributed by atoms with van der Waals surface area (Å²) in [5, 5.41) is 2.17. The number of hydrogen-bond acceptors (Lipinski definition) is 4. The van der Waals surface area contributed by atoms with Crippen LogP contribution in [0.1, 0.15) is 5.56 Å². The molecule has 0 radical (unpaired) electrons. The quantitative estimate of drug-likeness (QED) is 0.634. The van der Waals surface area contributed by atoms with E-state index in [1.54, 1.807) is 12.1 Å². The van der Waals surface area contributed by atoms with E-state index in [-0.39, 0.29) is 9.92 Å². The summed E-state index contributed by atoms with van der Waals surface area (Å²) in [4.78, 5) is 5.65. The third-order valence-corrected chi connectivity index (χ3v) is 7.46. The Labute approximate surface area is 168 Å². The van der Waals surface area contributed by atoms with E-state index >= 15 is 0 Å². The summed E-state index contributed by atoms with van der Waals surface area (Å²) in [7, 11) is 1.26. The zero-order valence-electron chi connectivity index (χ0n) is 15.5. The van der Waals surface area contributed by atoms with Crippen molar-refractivity contribution in [3.05, 3.63) is 63.2 Å². The highest BCUT2D eigenvalue weighted by molar-refractivity contribution is 7.89. The maximum atomic E-state index is 12.5. The summed E-state index contributed by atoms with van der Waals surface area (Å²) in [6.45, 7) is 2.02. The molecule has 0 saturated heterocycles. The Hall–Kier alpha value is -1.93. The molecule has 1 aromatic heterocycles. The molecular formula is C19H20ClN3O2S2. The lowest BCUT2D eigenvalue weighted by molar-refractivity contribution is 0.521. The lowest BCUT2D eigenvalue weighted by Crippen LogP contribution is -2.22. The number of thiazole rings is 1. The van der Waals surface area contributed by atoms with Crippen molar-refractivity contribution >= 4 is 38.6 Å². The summed E-state index contributed by atoms with van der Waals surface area (Å²) in [6.07, 6.45) is 0. The SMILES string of the molecule is Cc1ccccc1/N=c1/scc(-c2ccc(Cl)c(S(=O)(=O)N(C)C)c2)n1C. The fourth-order valence-electron chi connectivity index (χ4n) is 2.58. The van der Waals surface area contributed by atoms with Crippen LogP contribution in [-0.2, 0) is 17.1 Å². The Morgan fingerprint density at radius 3 is 2.52 bits per heavy atom. The first-order valence-corrected chi connectivity index (χ1v) is 10.9. The summed E-state index contributed by atoms with van der Waals surface area (Å²) in [5.41, 5.74) is 3.65. The van der Waals surface area contributed by atoms with Gasteiger partial charge in [0, 0.05) is 32.1 Å². The third-order valence-electron chi connectivity index (χ3n) is 4.24. The van der Waals surface area contributed by atoms with Gasteiger partial charge in [0.25, 0.3) is 0 Å². The minimum atomic E-state index is -3.63. The smallest absolute Gasteiger partial charge is 0.244 e. The lowest BCUT2D eigenvalue weighted by Gasteiger charge is -2.14. The molecule has 0 aliphatic rings. The van der Waals surface area contributed by atoms with Crippen LogP contribution in [0.3, 0.4) is 0 Å². The van der Waals surface area contributed by atoms with Gasteiger partial charge in [-0.05, 0) is 30.7 Å². The number of hydrogen-bond donors (Lipinski definition) is 0. The van der Waals surface area contributed by atoms with Crippen LogP contribution >= 0.6 is 22.9 Å². The van der Waals surface area contributed by atoms with E-state index in [9.17, 15) is 8.42 Å². The van der Waals surface area contributed by atoms with Crippen LogP contribution < -0.4 is 4.80 Å². The van der Waals surface area contributed by atoms with Crippen LogP contribution in [0, 0.1) is 6.92 Å². The molecule has 0 atom stereocenters. The average Bonchev–Trinajstić information content (AvgIpc) is 2.98. The van der Waals surface area contributed by atoms with Gasteiger partial charge in [0.05, 0.1) is 16.4 Å². The predicted octanol–water partition coefficient (Wildman–Crippen LogP) is 4.20. The molecule has 0 fully saturated rings. The van der Waals surface area contributed by atoms with E-state index in [0.717, 1.165) is 31.6 Å². The molecule has 0 N–H and O–H groups in total. The van der Waals surface area contributed by atoms with E-state index in [0.29, 0.717) is 0 Å². The number of aryl methyl sites for hydroxylation is 1. The largest absolute Gasteiger partial charge is 0.320 e. The van der Waals surface area contributed by atoms with Crippen molar-refractivity contribution in [1.29, 1.82) is 0 Å². The zero-order chi connectivity index (χ0) is 19.8. The average molecular weight is 422 g/mol. The Bertz CT molecular complexity index is 1160. The van der Waals surface area contributed by atoms with Gasteiger partial charge in [0.15, 0.2) is 4.80 Å². The van der Waals surface area contributed by atoms with Crippen LogP contribution in [0.25, 0.3) is 11.3 Å². The molecule has 0 bridgehead atoms. The Kier molecular flexibility index (Phi) is 5.58. The molecule has 0 spiro atoms. The zero-order valence-corrected chi connectivity index (χ0v) is 17.9. The second-order valence-electron chi connectivity index (χ2n) is 6.29. The van der Waals surface area contributed by atoms with Crippen LogP contribution in [0.15, 0.2) is 57.7 Å². The van der Waals surface area contributed by atoms with Crippen molar-refractivity contribution in [3.8, 4) is 11.3 Å². The molecule has 27 heavy (non-hydrogen) atoms. The van der Waals surface area contributed by atoms with Gasteiger partial charge in [-0.3, -0.25) is 0 Å². The molecule has 5 nitrogen and oxygen atoms in total. The van der Waals surface area contributed by atoms with Crippen molar-refractivity contribution in [2.24, 2.45) is 12.0 Å². The predicted molar refractivity (Wildman–Crippen MR) is 111 cm³/mol. The molecule has 0 saturated carbocycles. The van der Waals surface area contributed by atoms with Gasteiger partial charge in [0.2, 0.25) is 10.0 Å². The monoisotopic (exact) mass is 421 g/mol. The number of para-hydroxylation sites is 1. The highest BCUT2D eigenvalue weighted by Crippen LogP contribution is 2.29. The first-order valence-electron chi connectivity index (χ1n) is 8.19. The maximum Gasteiger partial charge on any atom is 0.244 e. The van der Waals surface area contributed by atoms with E-state index in [2.05, 4.69) is 0 Å². The van der Waals surface area contributed by atoms with Gasteiger partial charge >= 0.3 is 0 Å². The minimum Gasteiger partial charge on any atom is -0.320 e. The van der Waals surface area contributed by atoms with Crippen molar-refractivity contribution in [3.63, 3.8) is 0 Å². The number of nitrogens with zero attached hydrogens (tertiary/aromatic N) is 3. The molecule has 0 amide bonds. The minimum absolute atomic E-state index is 0.0928. The van der Waals surface area contributed by atoms with E-state index in [1.165, 1.54) is 25.4 Å². The molecule has 3 rings (SSSR count). The van der Waals surface area contributed by atoms with E-state index in [4.69, 9.17) is 16.6 Å². The van der Waals surface area contributed by atoms with E-state index < -0.39 is 10.0 Å². The highest BCUT2D eigenvalue weighted by atomic mass is 35.5. The summed E-state index contributed by atoms with van der Waals surface area (Å²) >= 11 is 7.66. The number of halogens is 1. The van der Waals surface area contributed by atoms with E-state index in [1.807, 2.05) is 54.3 Å². The molecule has 2 aromatic carbocycles. The standard InChI is InChI=1S/C19H20ClN3O2S2/c1-13-7-5-6-8-16(13)21-19-23(4)17(12-26-19)14-9-10-15(20)18(11-14)27(24,25)22(2)3/h5-12H,1-4H3/b21-19+. The van der Waals surface area contributed by atoms with Gasteiger partial charge < -0.3 is 4.57 Å². The van der Waals surface area contributed by atoms with Crippen molar-refractivity contribution in [1.82, 2.24) is 8.87 Å². The van der Waals surface area contributed by atoms with Crippen molar-refractivity contribution in [2.75, 3.05) is 14.1 Å². The van der Waals surface area contributed by atoms with Gasteiger partial charge in [0.1, 0.15) is 4.90 Å². The Morgan fingerprint density at radius 2 is 1.85 bits per heavy atom. The first kappa shape index (κ1) is 19.8. The maximum absolute atomic E-state index is 12.5.